The summed E-state index contributed by atoms with van der Waals surface area (Å²) in [4.78, 5) is 8.70. The fourth-order valence-corrected chi connectivity index (χ4v) is 6.78. The maximum atomic E-state index is 5.59. The zero-order valence-corrected chi connectivity index (χ0v) is 25.9. The molecule has 4 heteroatoms. The van der Waals surface area contributed by atoms with Gasteiger partial charge in [0.25, 0.3) is 0 Å². The van der Waals surface area contributed by atoms with E-state index in [0.717, 1.165) is 22.3 Å². The Kier molecular flexibility index (Phi) is 6.76. The molecule has 2 aromatic heterocycles. The number of hydrogen-bond donors (Lipinski definition) is 0. The van der Waals surface area contributed by atoms with Crippen LogP contribution in [0.1, 0.15) is 0 Å². The van der Waals surface area contributed by atoms with Crippen molar-refractivity contribution in [1.82, 2.24) is 9.97 Å². The van der Waals surface area contributed by atoms with Gasteiger partial charge >= 0.3 is 0 Å². The zero-order chi connectivity index (χ0) is 31.9. The van der Waals surface area contributed by atoms with Crippen LogP contribution >= 0.6 is 0 Å². The van der Waals surface area contributed by atoms with Gasteiger partial charge in [-0.25, -0.2) is 9.97 Å². The first-order chi connectivity index (χ1) is 23.8. The predicted octanol–water partition coefficient (Wildman–Crippen LogP) is 12.0. The summed E-state index contributed by atoms with van der Waals surface area (Å²) in [5, 5.41) is 4.76. The summed E-state index contributed by atoms with van der Waals surface area (Å²) < 4.78 is 11.2. The molecular formula is C44H28N2O2. The van der Waals surface area contributed by atoms with Gasteiger partial charge in [0.1, 0.15) is 12.5 Å². The Morgan fingerprint density at radius 2 is 0.750 bits per heavy atom. The SMILES string of the molecule is c1ccc(-c2cccc(-c3ccc4c(-c5ccc(-c6ncco6)cc5)c5ccccc5c(-c5ccc(-c6ncco6)cc5)c4c3)c2)cc1. The van der Waals surface area contributed by atoms with Gasteiger partial charge < -0.3 is 8.83 Å². The molecule has 4 nitrogen and oxygen atoms in total. The molecule has 0 bridgehead atoms. The minimum Gasteiger partial charge on any atom is -0.445 e. The van der Waals surface area contributed by atoms with Crippen molar-refractivity contribution in [2.45, 2.75) is 0 Å². The highest BCUT2D eigenvalue weighted by molar-refractivity contribution is 6.22. The van der Waals surface area contributed by atoms with Crippen molar-refractivity contribution in [2.24, 2.45) is 0 Å². The van der Waals surface area contributed by atoms with E-state index in [-0.39, 0.29) is 0 Å². The topological polar surface area (TPSA) is 52.1 Å². The first-order valence-electron chi connectivity index (χ1n) is 16.0. The average Bonchev–Trinajstić information content (AvgIpc) is 3.91. The fourth-order valence-electron chi connectivity index (χ4n) is 6.78. The fraction of sp³-hybridized carbons (Fsp3) is 0. The molecule has 9 rings (SSSR count). The number of rotatable bonds is 6. The number of aromatic nitrogens is 2. The molecule has 0 aliphatic rings. The highest BCUT2D eigenvalue weighted by atomic mass is 16.3. The van der Waals surface area contributed by atoms with Crippen LogP contribution in [0.3, 0.4) is 0 Å². The van der Waals surface area contributed by atoms with Crippen molar-refractivity contribution in [3.05, 3.63) is 171 Å². The maximum Gasteiger partial charge on any atom is 0.225 e. The molecule has 226 valence electrons. The van der Waals surface area contributed by atoms with Gasteiger partial charge in [0.05, 0.1) is 12.4 Å². The molecule has 9 aromatic rings. The third kappa shape index (κ3) is 4.88. The van der Waals surface area contributed by atoms with Crippen molar-refractivity contribution >= 4 is 21.5 Å². The highest BCUT2D eigenvalue weighted by Gasteiger charge is 2.18. The van der Waals surface area contributed by atoms with E-state index in [2.05, 4.69) is 156 Å². The Labute approximate surface area is 277 Å². The molecule has 0 unspecified atom stereocenters. The second kappa shape index (κ2) is 11.7. The van der Waals surface area contributed by atoms with Gasteiger partial charge in [-0.1, -0.05) is 109 Å². The number of nitrogens with zero attached hydrogens (tertiary/aromatic N) is 2. The van der Waals surface area contributed by atoms with E-state index < -0.39 is 0 Å². The molecule has 0 radical (unpaired) electrons. The van der Waals surface area contributed by atoms with Crippen molar-refractivity contribution in [3.8, 4) is 67.4 Å². The molecule has 0 amide bonds. The van der Waals surface area contributed by atoms with Gasteiger partial charge in [-0.15, -0.1) is 0 Å². The van der Waals surface area contributed by atoms with Crippen LogP contribution in [0.25, 0.3) is 89.0 Å². The Bertz CT molecular complexity index is 2520. The number of benzene rings is 7. The second-order valence-corrected chi connectivity index (χ2v) is 11.8. The largest absolute Gasteiger partial charge is 0.445 e. The molecule has 0 N–H and O–H groups in total. The molecule has 2 heterocycles. The monoisotopic (exact) mass is 616 g/mol. The minimum absolute atomic E-state index is 0.611. The summed E-state index contributed by atoms with van der Waals surface area (Å²) in [6.07, 6.45) is 6.56. The number of fused-ring (bicyclic) bond motifs is 2. The van der Waals surface area contributed by atoms with E-state index in [1.54, 1.807) is 24.9 Å². The summed E-state index contributed by atoms with van der Waals surface area (Å²) in [5.74, 6) is 1.22. The van der Waals surface area contributed by atoms with Crippen molar-refractivity contribution in [3.63, 3.8) is 0 Å². The van der Waals surface area contributed by atoms with Crippen LogP contribution in [0.15, 0.2) is 179 Å². The first kappa shape index (κ1) is 27.8. The third-order valence-corrected chi connectivity index (χ3v) is 9.03. The molecule has 0 aliphatic carbocycles. The molecule has 48 heavy (non-hydrogen) atoms. The van der Waals surface area contributed by atoms with Crippen LogP contribution < -0.4 is 0 Å². The molecule has 0 spiro atoms. The van der Waals surface area contributed by atoms with E-state index in [0.29, 0.717) is 11.8 Å². The van der Waals surface area contributed by atoms with Crippen molar-refractivity contribution < 1.29 is 8.83 Å². The van der Waals surface area contributed by atoms with Gasteiger partial charge in [-0.2, -0.15) is 0 Å². The van der Waals surface area contributed by atoms with Gasteiger partial charge in [-0.05, 0) is 102 Å². The predicted molar refractivity (Wildman–Crippen MR) is 194 cm³/mol. The lowest BCUT2D eigenvalue weighted by Crippen LogP contribution is -1.92. The van der Waals surface area contributed by atoms with Crippen molar-refractivity contribution in [1.29, 1.82) is 0 Å². The highest BCUT2D eigenvalue weighted by Crippen LogP contribution is 2.45. The smallest absolute Gasteiger partial charge is 0.225 e. The summed E-state index contributed by atoms with van der Waals surface area (Å²) in [6.45, 7) is 0. The van der Waals surface area contributed by atoms with E-state index in [4.69, 9.17) is 8.83 Å². The van der Waals surface area contributed by atoms with E-state index >= 15 is 0 Å². The van der Waals surface area contributed by atoms with Gasteiger partial charge in [0, 0.05) is 11.1 Å². The van der Waals surface area contributed by atoms with Gasteiger partial charge in [-0.3, -0.25) is 0 Å². The molecule has 0 saturated heterocycles. The molecule has 0 aliphatic heterocycles. The lowest BCUT2D eigenvalue weighted by atomic mass is 9.84. The van der Waals surface area contributed by atoms with Crippen LogP contribution in [0, 0.1) is 0 Å². The number of oxazole rings is 2. The standard InChI is InChI=1S/C44H28N2O2/c1-2-7-29(8-3-1)34-9-6-10-35(27-34)36-21-22-39-40(28-36)42(31-15-19-33(20-16-31)44-46-24-26-48-44)38-12-5-4-11-37(38)41(39)30-13-17-32(18-14-30)43-45-23-25-47-43/h1-28H. The Morgan fingerprint density at radius 1 is 0.312 bits per heavy atom. The summed E-state index contributed by atoms with van der Waals surface area (Å²) >= 11 is 0. The van der Waals surface area contributed by atoms with E-state index in [1.165, 1.54) is 54.9 Å². The summed E-state index contributed by atoms with van der Waals surface area (Å²) in [6, 6.07) is 52.0. The number of hydrogen-bond acceptors (Lipinski definition) is 4. The van der Waals surface area contributed by atoms with E-state index in [1.807, 2.05) is 0 Å². The van der Waals surface area contributed by atoms with Crippen LogP contribution in [-0.2, 0) is 0 Å². The Morgan fingerprint density at radius 3 is 1.31 bits per heavy atom. The normalized spacial score (nSPS) is 11.3. The summed E-state index contributed by atoms with van der Waals surface area (Å²) in [5.41, 5.74) is 11.3. The van der Waals surface area contributed by atoms with Crippen LogP contribution in [-0.4, -0.2) is 9.97 Å². The van der Waals surface area contributed by atoms with Crippen LogP contribution in [0.5, 0.6) is 0 Å². The lowest BCUT2D eigenvalue weighted by Gasteiger charge is -2.19. The molecular weight excluding hydrogens is 588 g/mol. The minimum atomic E-state index is 0.611. The molecule has 7 aromatic carbocycles. The van der Waals surface area contributed by atoms with Crippen LogP contribution in [0.4, 0.5) is 0 Å². The molecule has 0 atom stereocenters. The second-order valence-electron chi connectivity index (χ2n) is 11.8. The average molecular weight is 617 g/mol. The Hall–Kier alpha value is -6.52. The maximum absolute atomic E-state index is 5.59. The zero-order valence-electron chi connectivity index (χ0n) is 25.9. The van der Waals surface area contributed by atoms with Gasteiger partial charge in [0.15, 0.2) is 0 Å². The third-order valence-electron chi connectivity index (χ3n) is 9.03. The molecule has 0 fully saturated rings. The van der Waals surface area contributed by atoms with Crippen LogP contribution in [0.2, 0.25) is 0 Å². The van der Waals surface area contributed by atoms with Gasteiger partial charge in [0.2, 0.25) is 11.8 Å². The Balaban J connectivity index is 1.28. The summed E-state index contributed by atoms with van der Waals surface area (Å²) in [7, 11) is 0. The lowest BCUT2D eigenvalue weighted by molar-refractivity contribution is 0.574. The quantitative estimate of drug-likeness (QED) is 0.174. The first-order valence-corrected chi connectivity index (χ1v) is 16.0. The van der Waals surface area contributed by atoms with E-state index in [9.17, 15) is 0 Å². The molecule has 0 saturated carbocycles. The van der Waals surface area contributed by atoms with Crippen molar-refractivity contribution in [2.75, 3.05) is 0 Å².